The number of aryl methyl sites for hydroxylation is 1. The maximum absolute atomic E-state index is 13.1. The first kappa shape index (κ1) is 21.1. The Hall–Kier alpha value is -3.61. The lowest BCUT2D eigenvalue weighted by atomic mass is 10.0. The van der Waals surface area contributed by atoms with Gasteiger partial charge in [0, 0.05) is 30.4 Å². The Bertz CT molecular complexity index is 1020. The number of rotatable bonds is 6. The second-order valence-corrected chi connectivity index (χ2v) is 6.90. The zero-order valence-corrected chi connectivity index (χ0v) is 17.6. The predicted molar refractivity (Wildman–Crippen MR) is 117 cm³/mol. The van der Waals surface area contributed by atoms with Gasteiger partial charge < -0.3 is 9.64 Å². The minimum absolute atomic E-state index is 0.134. The van der Waals surface area contributed by atoms with Crippen molar-refractivity contribution in [2.45, 2.75) is 20.8 Å². The monoisotopic (exact) mass is 407 g/mol. The van der Waals surface area contributed by atoms with Gasteiger partial charge in [0.25, 0.3) is 11.8 Å². The number of hydrogen-bond acceptors (Lipinski definition) is 5. The minimum Gasteiger partial charge on any atom is -0.496 e. The summed E-state index contributed by atoms with van der Waals surface area (Å²) in [7, 11) is 1.54. The molecule has 1 fully saturated rings. The van der Waals surface area contributed by atoms with Crippen molar-refractivity contribution in [2.24, 2.45) is 0 Å². The summed E-state index contributed by atoms with van der Waals surface area (Å²) >= 11 is 0. The zero-order chi connectivity index (χ0) is 21.8. The maximum Gasteiger partial charge on any atom is 0.335 e. The second kappa shape index (κ2) is 8.82. The van der Waals surface area contributed by atoms with Gasteiger partial charge in [0.15, 0.2) is 0 Å². The normalized spacial score (nSPS) is 15.4. The van der Waals surface area contributed by atoms with E-state index in [4.69, 9.17) is 4.74 Å². The van der Waals surface area contributed by atoms with Crippen molar-refractivity contribution in [1.82, 2.24) is 5.32 Å². The van der Waals surface area contributed by atoms with Gasteiger partial charge >= 0.3 is 6.03 Å². The fourth-order valence-corrected chi connectivity index (χ4v) is 3.42. The van der Waals surface area contributed by atoms with Crippen molar-refractivity contribution in [2.75, 3.05) is 30.0 Å². The van der Waals surface area contributed by atoms with Gasteiger partial charge in [-0.2, -0.15) is 0 Å². The van der Waals surface area contributed by atoms with Gasteiger partial charge in [-0.3, -0.25) is 14.9 Å². The Labute approximate surface area is 175 Å². The van der Waals surface area contributed by atoms with Crippen LogP contribution in [0.25, 0.3) is 6.08 Å². The van der Waals surface area contributed by atoms with E-state index < -0.39 is 17.8 Å². The molecule has 0 bridgehead atoms. The Morgan fingerprint density at radius 2 is 1.80 bits per heavy atom. The van der Waals surface area contributed by atoms with Gasteiger partial charge in [-0.15, -0.1) is 0 Å². The van der Waals surface area contributed by atoms with Gasteiger partial charge in [-0.05, 0) is 56.7 Å². The number of hydrogen-bond donors (Lipinski definition) is 1. The van der Waals surface area contributed by atoms with Crippen LogP contribution in [0.5, 0.6) is 5.75 Å². The molecule has 1 heterocycles. The molecule has 7 nitrogen and oxygen atoms in total. The van der Waals surface area contributed by atoms with Crippen molar-refractivity contribution in [3.63, 3.8) is 0 Å². The number of carbonyl (C=O) groups excluding carboxylic acids is 3. The van der Waals surface area contributed by atoms with E-state index in [1.165, 1.54) is 13.2 Å². The number of barbiturate groups is 1. The van der Waals surface area contributed by atoms with Crippen molar-refractivity contribution in [3.05, 3.63) is 59.2 Å². The van der Waals surface area contributed by atoms with Gasteiger partial charge in [0.1, 0.15) is 11.3 Å². The lowest BCUT2D eigenvalue weighted by Gasteiger charge is -2.27. The Kier molecular flexibility index (Phi) is 6.20. The zero-order valence-electron chi connectivity index (χ0n) is 17.6. The molecule has 0 saturated carbocycles. The summed E-state index contributed by atoms with van der Waals surface area (Å²) in [4.78, 5) is 41.0. The molecule has 0 aromatic heterocycles. The molecular formula is C23H25N3O4. The van der Waals surface area contributed by atoms with E-state index in [-0.39, 0.29) is 5.57 Å². The summed E-state index contributed by atoms with van der Waals surface area (Å²) in [6.07, 6.45) is 1.46. The first-order chi connectivity index (χ1) is 14.4. The highest BCUT2D eigenvalue weighted by Gasteiger charge is 2.37. The number of nitrogens with one attached hydrogen (secondary N) is 1. The number of methoxy groups -OCH3 is 1. The van der Waals surface area contributed by atoms with E-state index in [1.807, 2.05) is 25.1 Å². The van der Waals surface area contributed by atoms with Crippen molar-refractivity contribution < 1.29 is 19.1 Å². The fraction of sp³-hybridized carbons (Fsp3) is 0.261. The smallest absolute Gasteiger partial charge is 0.335 e. The molecule has 156 valence electrons. The van der Waals surface area contributed by atoms with Gasteiger partial charge in [0.05, 0.1) is 12.8 Å². The predicted octanol–water partition coefficient (Wildman–Crippen LogP) is 3.52. The number of nitrogens with zero attached hydrogens (tertiary/aromatic N) is 2. The van der Waals surface area contributed by atoms with Crippen LogP contribution in [-0.2, 0) is 9.59 Å². The highest BCUT2D eigenvalue weighted by Crippen LogP contribution is 2.29. The lowest BCUT2D eigenvalue weighted by Crippen LogP contribution is -2.54. The molecule has 4 amide bonds. The van der Waals surface area contributed by atoms with E-state index in [2.05, 4.69) is 24.1 Å². The van der Waals surface area contributed by atoms with E-state index in [9.17, 15) is 14.4 Å². The first-order valence-electron chi connectivity index (χ1n) is 9.80. The number of urea groups is 1. The molecular weight excluding hydrogens is 382 g/mol. The maximum atomic E-state index is 13.1. The molecule has 2 aromatic carbocycles. The molecule has 0 atom stereocenters. The Morgan fingerprint density at radius 1 is 1.07 bits per heavy atom. The summed E-state index contributed by atoms with van der Waals surface area (Å²) < 4.78 is 5.49. The molecule has 0 spiro atoms. The molecule has 1 aliphatic rings. The summed E-state index contributed by atoms with van der Waals surface area (Å²) in [6.45, 7) is 7.67. The van der Waals surface area contributed by atoms with Gasteiger partial charge in [-0.25, -0.2) is 9.69 Å². The van der Waals surface area contributed by atoms with Crippen molar-refractivity contribution >= 4 is 35.3 Å². The Balaban J connectivity index is 2.02. The largest absolute Gasteiger partial charge is 0.496 e. The number of carbonyl (C=O) groups is 3. The van der Waals surface area contributed by atoms with Crippen LogP contribution in [0.3, 0.4) is 0 Å². The third-order valence-corrected chi connectivity index (χ3v) is 5.01. The molecule has 0 aliphatic carbocycles. The highest BCUT2D eigenvalue weighted by atomic mass is 16.5. The third kappa shape index (κ3) is 4.05. The summed E-state index contributed by atoms with van der Waals surface area (Å²) in [5.41, 5.74) is 2.72. The molecule has 3 rings (SSSR count). The van der Waals surface area contributed by atoms with Gasteiger partial charge in [0.2, 0.25) is 0 Å². The van der Waals surface area contributed by atoms with E-state index >= 15 is 0 Å². The van der Waals surface area contributed by atoms with Gasteiger partial charge in [-0.1, -0.05) is 12.1 Å². The van der Waals surface area contributed by atoms with Crippen molar-refractivity contribution in [1.29, 1.82) is 0 Å². The van der Waals surface area contributed by atoms with Crippen LogP contribution in [0.15, 0.2) is 48.0 Å². The van der Waals surface area contributed by atoms with E-state index in [1.54, 1.807) is 24.3 Å². The van der Waals surface area contributed by atoms with Crippen LogP contribution < -0.4 is 19.9 Å². The number of benzene rings is 2. The SMILES string of the molecule is CCN(CC)c1ccc(/C=C2/C(=O)NC(=O)N(c3cccc(C)c3)C2=O)c(OC)c1. The summed E-state index contributed by atoms with van der Waals surface area (Å²) in [6, 6.07) is 11.8. The average Bonchev–Trinajstić information content (AvgIpc) is 2.72. The summed E-state index contributed by atoms with van der Waals surface area (Å²) in [5.74, 6) is -0.875. The van der Waals surface area contributed by atoms with E-state index in [0.29, 0.717) is 17.0 Å². The molecule has 0 radical (unpaired) electrons. The third-order valence-electron chi connectivity index (χ3n) is 5.01. The molecule has 1 N–H and O–H groups in total. The fourth-order valence-electron chi connectivity index (χ4n) is 3.42. The van der Waals surface area contributed by atoms with Crippen LogP contribution in [-0.4, -0.2) is 38.0 Å². The standard InChI is InChI=1S/C23H25N3O4/c1-5-25(6-2)17-11-10-16(20(14-17)30-4)13-19-21(27)24-23(29)26(22(19)28)18-9-7-8-15(3)12-18/h7-14H,5-6H2,1-4H3,(H,24,27,29)/b19-13-. The topological polar surface area (TPSA) is 79.0 Å². The number of imide groups is 2. The molecule has 7 heteroatoms. The number of amides is 4. The first-order valence-corrected chi connectivity index (χ1v) is 9.80. The molecule has 1 saturated heterocycles. The molecule has 30 heavy (non-hydrogen) atoms. The average molecular weight is 407 g/mol. The molecule has 0 unspecified atom stereocenters. The highest BCUT2D eigenvalue weighted by molar-refractivity contribution is 6.39. The van der Waals surface area contributed by atoms with Crippen LogP contribution in [0, 0.1) is 6.92 Å². The molecule has 2 aromatic rings. The van der Waals surface area contributed by atoms with E-state index in [0.717, 1.165) is 29.2 Å². The van der Waals surface area contributed by atoms with Crippen LogP contribution in [0.1, 0.15) is 25.0 Å². The second-order valence-electron chi connectivity index (χ2n) is 6.90. The lowest BCUT2D eigenvalue weighted by molar-refractivity contribution is -0.122. The van der Waals surface area contributed by atoms with Crippen LogP contribution >= 0.6 is 0 Å². The van der Waals surface area contributed by atoms with Crippen LogP contribution in [0.4, 0.5) is 16.2 Å². The Morgan fingerprint density at radius 3 is 2.43 bits per heavy atom. The number of ether oxygens (including phenoxy) is 1. The molecule has 1 aliphatic heterocycles. The number of anilines is 2. The summed E-state index contributed by atoms with van der Waals surface area (Å²) in [5, 5.41) is 2.24. The quantitative estimate of drug-likeness (QED) is 0.586. The van der Waals surface area contributed by atoms with Crippen molar-refractivity contribution in [3.8, 4) is 5.75 Å². The van der Waals surface area contributed by atoms with Crippen LogP contribution in [0.2, 0.25) is 0 Å². The minimum atomic E-state index is -0.767.